The number of benzene rings is 2. The molecule has 4 N–H and O–H groups in total. The second-order valence-corrected chi connectivity index (χ2v) is 9.18. The van der Waals surface area contributed by atoms with E-state index in [1.165, 1.54) is 0 Å². The molecule has 0 radical (unpaired) electrons. The Hall–Kier alpha value is -4.70. The molecule has 194 valence electrons. The highest BCUT2D eigenvalue weighted by molar-refractivity contribution is 6.04. The zero-order valence-electron chi connectivity index (χ0n) is 21.1. The number of pyridine rings is 1. The van der Waals surface area contributed by atoms with Crippen LogP contribution in [0, 0.1) is 0 Å². The third kappa shape index (κ3) is 6.34. The molecule has 1 saturated heterocycles. The van der Waals surface area contributed by atoms with Crippen LogP contribution in [0.2, 0.25) is 0 Å². The Kier molecular flexibility index (Phi) is 7.60. The first-order valence-electron chi connectivity index (χ1n) is 12.5. The van der Waals surface area contributed by atoms with Crippen LogP contribution in [0.1, 0.15) is 15.9 Å². The number of rotatable bonds is 7. The lowest BCUT2D eigenvalue weighted by Gasteiger charge is -2.34. The molecule has 0 saturated carbocycles. The van der Waals surface area contributed by atoms with Gasteiger partial charge in [0, 0.05) is 56.2 Å². The Morgan fingerprint density at radius 1 is 0.895 bits per heavy atom. The fourth-order valence-corrected chi connectivity index (χ4v) is 4.19. The zero-order valence-corrected chi connectivity index (χ0v) is 21.1. The number of carbonyl (C=O) groups excluding carboxylic acids is 2. The van der Waals surface area contributed by atoms with E-state index in [2.05, 4.69) is 48.0 Å². The molecule has 2 aromatic carbocycles. The van der Waals surface area contributed by atoms with E-state index in [4.69, 9.17) is 0 Å². The van der Waals surface area contributed by atoms with Crippen LogP contribution < -0.4 is 20.9 Å². The monoisotopic (exact) mass is 510 g/mol. The summed E-state index contributed by atoms with van der Waals surface area (Å²) in [5, 5.41) is 15.6. The summed E-state index contributed by atoms with van der Waals surface area (Å²) in [5.74, 6) is 0.730. The predicted molar refractivity (Wildman–Crippen MR) is 148 cm³/mol. The van der Waals surface area contributed by atoms with E-state index in [1.54, 1.807) is 30.5 Å². The van der Waals surface area contributed by atoms with Crippen molar-refractivity contribution in [1.82, 2.24) is 25.4 Å². The topological polar surface area (TPSA) is 118 Å². The standard InChI is InChI=1S/C28H30N8O2/c1-35-14-16-36(17-15-35)23-11-9-22(10-12-23)27(37)31-26-18-24(33-34-26)21-7-5-20(6-8-21)19-30-28(38)32-25-4-2-3-13-29-25/h2-13,18H,14-17,19H2,1H3,(H2,29,30,32,38)(H2,31,33,34,37). The molecule has 10 nitrogen and oxygen atoms in total. The number of nitrogens with zero attached hydrogens (tertiary/aromatic N) is 4. The van der Waals surface area contributed by atoms with Crippen LogP contribution in [-0.2, 0) is 6.54 Å². The smallest absolute Gasteiger partial charge is 0.320 e. The minimum absolute atomic E-state index is 0.210. The summed E-state index contributed by atoms with van der Waals surface area (Å²) in [7, 11) is 2.13. The molecule has 4 aromatic rings. The van der Waals surface area contributed by atoms with E-state index in [-0.39, 0.29) is 11.9 Å². The van der Waals surface area contributed by atoms with Gasteiger partial charge in [-0.1, -0.05) is 30.3 Å². The van der Waals surface area contributed by atoms with Crippen LogP contribution in [0.4, 0.5) is 22.1 Å². The summed E-state index contributed by atoms with van der Waals surface area (Å²) in [4.78, 5) is 33.5. The maximum absolute atomic E-state index is 12.7. The average molecular weight is 511 g/mol. The molecule has 0 unspecified atom stereocenters. The van der Waals surface area contributed by atoms with Gasteiger partial charge in [-0.15, -0.1) is 0 Å². The van der Waals surface area contributed by atoms with Gasteiger partial charge in [-0.05, 0) is 54.6 Å². The molecule has 1 aliphatic heterocycles. The van der Waals surface area contributed by atoms with E-state index in [1.807, 2.05) is 48.5 Å². The number of likely N-dealkylation sites (N-methyl/N-ethyl adjacent to an activating group) is 1. The van der Waals surface area contributed by atoms with Gasteiger partial charge in [-0.2, -0.15) is 5.10 Å². The van der Waals surface area contributed by atoms with Gasteiger partial charge in [0.25, 0.3) is 5.91 Å². The van der Waals surface area contributed by atoms with Crippen LogP contribution in [0.3, 0.4) is 0 Å². The molecule has 2 aromatic heterocycles. The van der Waals surface area contributed by atoms with Crippen LogP contribution >= 0.6 is 0 Å². The van der Waals surface area contributed by atoms with E-state index in [0.717, 1.165) is 48.7 Å². The molecule has 38 heavy (non-hydrogen) atoms. The van der Waals surface area contributed by atoms with Crippen LogP contribution in [-0.4, -0.2) is 65.2 Å². The van der Waals surface area contributed by atoms with Crippen molar-refractivity contribution in [2.45, 2.75) is 6.54 Å². The number of anilines is 3. The first kappa shape index (κ1) is 25.0. The number of aromatic nitrogens is 3. The fraction of sp³-hybridized carbons (Fsp3) is 0.214. The van der Waals surface area contributed by atoms with Gasteiger partial charge in [0.05, 0.1) is 5.69 Å². The number of nitrogens with one attached hydrogen (secondary N) is 4. The normalized spacial score (nSPS) is 13.7. The first-order valence-corrected chi connectivity index (χ1v) is 12.5. The highest BCUT2D eigenvalue weighted by atomic mass is 16.2. The number of amides is 3. The maximum atomic E-state index is 12.7. The Morgan fingerprint density at radius 3 is 2.37 bits per heavy atom. The molecule has 3 amide bonds. The summed E-state index contributed by atoms with van der Waals surface area (Å²) in [6.45, 7) is 4.41. The lowest BCUT2D eigenvalue weighted by molar-refractivity contribution is 0.102. The number of carbonyl (C=O) groups is 2. The van der Waals surface area contributed by atoms with Crippen LogP contribution in [0.5, 0.6) is 0 Å². The summed E-state index contributed by atoms with van der Waals surface area (Å²) >= 11 is 0. The predicted octanol–water partition coefficient (Wildman–Crippen LogP) is 3.80. The van der Waals surface area contributed by atoms with E-state index >= 15 is 0 Å². The van der Waals surface area contributed by atoms with E-state index in [9.17, 15) is 9.59 Å². The third-order valence-electron chi connectivity index (χ3n) is 6.44. The molecule has 0 spiro atoms. The van der Waals surface area contributed by atoms with Crippen molar-refractivity contribution in [3.05, 3.63) is 90.1 Å². The van der Waals surface area contributed by atoms with Crippen LogP contribution in [0.25, 0.3) is 11.3 Å². The number of urea groups is 1. The second-order valence-electron chi connectivity index (χ2n) is 9.18. The summed E-state index contributed by atoms with van der Waals surface area (Å²) in [6.07, 6.45) is 1.62. The number of hydrogen-bond acceptors (Lipinski definition) is 6. The molecule has 0 bridgehead atoms. The SMILES string of the molecule is CN1CCN(c2ccc(C(=O)Nc3cc(-c4ccc(CNC(=O)Nc5ccccn5)cc4)[nH]n3)cc2)CC1. The molecule has 1 fully saturated rings. The number of hydrogen-bond donors (Lipinski definition) is 4. The minimum atomic E-state index is -0.323. The Morgan fingerprint density at radius 2 is 1.66 bits per heavy atom. The zero-order chi connectivity index (χ0) is 26.3. The average Bonchev–Trinajstić information content (AvgIpc) is 3.42. The van der Waals surface area contributed by atoms with Gasteiger partial charge < -0.3 is 20.4 Å². The van der Waals surface area contributed by atoms with E-state index < -0.39 is 0 Å². The fourth-order valence-electron chi connectivity index (χ4n) is 4.19. The van der Waals surface area contributed by atoms with Gasteiger partial charge in [-0.3, -0.25) is 15.2 Å². The van der Waals surface area contributed by atoms with Crippen molar-refractivity contribution in [1.29, 1.82) is 0 Å². The van der Waals surface area contributed by atoms with Crippen LogP contribution in [0.15, 0.2) is 79.0 Å². The molecule has 1 aliphatic rings. The van der Waals surface area contributed by atoms with Crippen molar-refractivity contribution in [3.8, 4) is 11.3 Å². The molecule has 10 heteroatoms. The summed E-state index contributed by atoms with van der Waals surface area (Å²) in [5.41, 5.74) is 4.34. The third-order valence-corrected chi connectivity index (χ3v) is 6.44. The highest BCUT2D eigenvalue weighted by Gasteiger charge is 2.15. The van der Waals surface area contributed by atoms with Crippen molar-refractivity contribution < 1.29 is 9.59 Å². The van der Waals surface area contributed by atoms with Gasteiger partial charge >= 0.3 is 6.03 Å². The lowest BCUT2D eigenvalue weighted by atomic mass is 10.1. The number of piperazine rings is 1. The minimum Gasteiger partial charge on any atom is -0.369 e. The molecule has 5 rings (SSSR count). The van der Waals surface area contributed by atoms with Crippen molar-refractivity contribution in [3.63, 3.8) is 0 Å². The quantitative estimate of drug-likeness (QED) is 0.300. The first-order chi connectivity index (χ1) is 18.5. The molecular formula is C28H30N8O2. The summed E-state index contributed by atoms with van der Waals surface area (Å²) < 4.78 is 0. The van der Waals surface area contributed by atoms with Gasteiger partial charge in [0.15, 0.2) is 5.82 Å². The number of aromatic amines is 1. The lowest BCUT2D eigenvalue weighted by Crippen LogP contribution is -2.44. The largest absolute Gasteiger partial charge is 0.369 e. The molecule has 0 atom stereocenters. The Balaban J connectivity index is 1.13. The Labute approximate surface area is 221 Å². The van der Waals surface area contributed by atoms with Crippen molar-refractivity contribution >= 4 is 29.3 Å². The van der Waals surface area contributed by atoms with Gasteiger partial charge in [-0.25, -0.2) is 9.78 Å². The van der Waals surface area contributed by atoms with E-state index in [0.29, 0.717) is 23.7 Å². The summed E-state index contributed by atoms with van der Waals surface area (Å²) in [6, 6.07) is 22.2. The molecular weight excluding hydrogens is 480 g/mol. The van der Waals surface area contributed by atoms with Gasteiger partial charge in [0.2, 0.25) is 0 Å². The van der Waals surface area contributed by atoms with Gasteiger partial charge in [0.1, 0.15) is 5.82 Å². The van der Waals surface area contributed by atoms with Crippen molar-refractivity contribution in [2.24, 2.45) is 0 Å². The Bertz CT molecular complexity index is 1360. The van der Waals surface area contributed by atoms with Crippen molar-refractivity contribution in [2.75, 3.05) is 48.8 Å². The molecule has 0 aliphatic carbocycles. The molecule has 3 heterocycles. The number of H-pyrrole nitrogens is 1. The highest BCUT2D eigenvalue weighted by Crippen LogP contribution is 2.22. The maximum Gasteiger partial charge on any atom is 0.320 e. The second kappa shape index (κ2) is 11.6.